The van der Waals surface area contributed by atoms with Gasteiger partial charge in [0.2, 0.25) is 5.91 Å². The highest BCUT2D eigenvalue weighted by atomic mass is 16.1. The summed E-state index contributed by atoms with van der Waals surface area (Å²) in [6.45, 7) is 5.87. The third-order valence-corrected chi connectivity index (χ3v) is 5.16. The molecule has 2 aromatic rings. The molecule has 0 aromatic heterocycles. The highest BCUT2D eigenvalue weighted by Crippen LogP contribution is 2.20. The number of piperidine rings is 1. The smallest absolute Gasteiger partial charge is 0.223 e. The van der Waals surface area contributed by atoms with E-state index in [2.05, 4.69) is 71.7 Å². The summed E-state index contributed by atoms with van der Waals surface area (Å²) in [6, 6.07) is 20.9. The van der Waals surface area contributed by atoms with Crippen molar-refractivity contribution in [3.8, 4) is 0 Å². The predicted molar refractivity (Wildman–Crippen MR) is 102 cm³/mol. The van der Waals surface area contributed by atoms with Crippen molar-refractivity contribution in [3.05, 3.63) is 71.8 Å². The standard InChI is InChI=1S/C22H28N2O/c1-18(20-10-6-3-7-11-20)16-23-22(25)21-12-14-24(15-13-21)17-19-8-4-2-5-9-19/h2-11,18,21H,12-17H2,1H3,(H,23,25). The molecule has 3 heteroatoms. The number of carbonyl (C=O) groups is 1. The molecule has 1 fully saturated rings. The topological polar surface area (TPSA) is 32.3 Å². The molecule has 0 aliphatic carbocycles. The SMILES string of the molecule is CC(CNC(=O)C1CCN(Cc2ccccc2)CC1)c1ccccc1. The van der Waals surface area contributed by atoms with Gasteiger partial charge < -0.3 is 5.32 Å². The number of rotatable bonds is 6. The van der Waals surface area contributed by atoms with Crippen LogP contribution in [0.4, 0.5) is 0 Å². The maximum absolute atomic E-state index is 12.5. The van der Waals surface area contributed by atoms with Crippen molar-refractivity contribution in [3.63, 3.8) is 0 Å². The first-order valence-corrected chi connectivity index (χ1v) is 9.31. The van der Waals surface area contributed by atoms with Crippen LogP contribution in [0.2, 0.25) is 0 Å². The van der Waals surface area contributed by atoms with Gasteiger partial charge in [0.25, 0.3) is 0 Å². The molecule has 0 bridgehead atoms. The molecule has 2 aromatic carbocycles. The second-order valence-electron chi connectivity index (χ2n) is 7.09. The van der Waals surface area contributed by atoms with Gasteiger partial charge in [0.05, 0.1) is 0 Å². The van der Waals surface area contributed by atoms with Gasteiger partial charge in [-0.05, 0) is 43.0 Å². The largest absolute Gasteiger partial charge is 0.355 e. The van der Waals surface area contributed by atoms with Crippen LogP contribution in [0.3, 0.4) is 0 Å². The molecule has 1 unspecified atom stereocenters. The van der Waals surface area contributed by atoms with Crippen molar-refractivity contribution in [2.75, 3.05) is 19.6 Å². The zero-order valence-corrected chi connectivity index (χ0v) is 15.0. The van der Waals surface area contributed by atoms with E-state index in [4.69, 9.17) is 0 Å². The number of benzene rings is 2. The number of hydrogen-bond donors (Lipinski definition) is 1. The quantitative estimate of drug-likeness (QED) is 0.870. The van der Waals surface area contributed by atoms with Gasteiger partial charge in [-0.25, -0.2) is 0 Å². The van der Waals surface area contributed by atoms with Crippen LogP contribution in [0.1, 0.15) is 36.8 Å². The molecule has 132 valence electrons. The van der Waals surface area contributed by atoms with E-state index in [0.29, 0.717) is 12.5 Å². The summed E-state index contributed by atoms with van der Waals surface area (Å²) in [6.07, 6.45) is 1.91. The molecule has 1 aliphatic heterocycles. The van der Waals surface area contributed by atoms with Gasteiger partial charge >= 0.3 is 0 Å². The average Bonchev–Trinajstić information content (AvgIpc) is 2.68. The summed E-state index contributed by atoms with van der Waals surface area (Å²) < 4.78 is 0. The number of likely N-dealkylation sites (tertiary alicyclic amines) is 1. The van der Waals surface area contributed by atoms with E-state index >= 15 is 0 Å². The maximum Gasteiger partial charge on any atom is 0.223 e. The minimum absolute atomic E-state index is 0.162. The van der Waals surface area contributed by atoms with Crippen molar-refractivity contribution >= 4 is 5.91 Å². The zero-order valence-electron chi connectivity index (χ0n) is 15.0. The van der Waals surface area contributed by atoms with E-state index < -0.39 is 0 Å². The lowest BCUT2D eigenvalue weighted by Crippen LogP contribution is -2.41. The molecular formula is C22H28N2O. The average molecular weight is 336 g/mol. The molecule has 1 amide bonds. The lowest BCUT2D eigenvalue weighted by atomic mass is 9.95. The van der Waals surface area contributed by atoms with E-state index in [0.717, 1.165) is 32.5 Å². The Morgan fingerprint density at radius 3 is 2.28 bits per heavy atom. The molecule has 0 radical (unpaired) electrons. The van der Waals surface area contributed by atoms with Crippen LogP contribution >= 0.6 is 0 Å². The van der Waals surface area contributed by atoms with E-state index in [-0.39, 0.29) is 11.8 Å². The molecule has 3 rings (SSSR count). The summed E-state index contributed by atoms with van der Waals surface area (Å²) in [5.41, 5.74) is 2.63. The Kier molecular flexibility index (Phi) is 6.24. The van der Waals surface area contributed by atoms with Crippen LogP contribution in [0.5, 0.6) is 0 Å². The van der Waals surface area contributed by atoms with Crippen LogP contribution in [0.15, 0.2) is 60.7 Å². The Morgan fingerprint density at radius 2 is 1.64 bits per heavy atom. The predicted octanol–water partition coefficient (Wildman–Crippen LogP) is 3.82. The van der Waals surface area contributed by atoms with E-state index in [1.54, 1.807) is 0 Å². The van der Waals surface area contributed by atoms with Crippen molar-refractivity contribution in [1.82, 2.24) is 10.2 Å². The lowest BCUT2D eigenvalue weighted by molar-refractivity contribution is -0.126. The zero-order chi connectivity index (χ0) is 17.5. The number of carbonyl (C=O) groups excluding carboxylic acids is 1. The highest BCUT2D eigenvalue weighted by Gasteiger charge is 2.25. The molecule has 1 N–H and O–H groups in total. The summed E-state index contributed by atoms with van der Waals surface area (Å²) >= 11 is 0. The first kappa shape index (κ1) is 17.7. The molecule has 0 spiro atoms. The Balaban J connectivity index is 1.41. The Hall–Kier alpha value is -2.13. The van der Waals surface area contributed by atoms with Gasteiger partial charge in [0.15, 0.2) is 0 Å². The normalized spacial score (nSPS) is 17.2. The minimum atomic E-state index is 0.162. The first-order chi connectivity index (χ1) is 12.2. The van der Waals surface area contributed by atoms with E-state index in [9.17, 15) is 4.79 Å². The van der Waals surface area contributed by atoms with Crippen LogP contribution < -0.4 is 5.32 Å². The number of amides is 1. The monoisotopic (exact) mass is 336 g/mol. The molecule has 3 nitrogen and oxygen atoms in total. The number of hydrogen-bond acceptors (Lipinski definition) is 2. The molecule has 0 saturated carbocycles. The summed E-state index contributed by atoms with van der Waals surface area (Å²) in [7, 11) is 0. The Bertz CT molecular complexity index is 648. The second kappa shape index (κ2) is 8.82. The van der Waals surface area contributed by atoms with Crippen molar-refractivity contribution in [2.24, 2.45) is 5.92 Å². The maximum atomic E-state index is 12.5. The fraction of sp³-hybridized carbons (Fsp3) is 0.409. The molecule has 1 atom stereocenters. The number of nitrogens with zero attached hydrogens (tertiary/aromatic N) is 1. The summed E-state index contributed by atoms with van der Waals surface area (Å²) in [5.74, 6) is 0.737. The Labute approximate surface area is 151 Å². The fourth-order valence-corrected chi connectivity index (χ4v) is 3.49. The third-order valence-electron chi connectivity index (χ3n) is 5.16. The third kappa shape index (κ3) is 5.17. The Morgan fingerprint density at radius 1 is 1.04 bits per heavy atom. The highest BCUT2D eigenvalue weighted by molar-refractivity contribution is 5.78. The number of nitrogens with one attached hydrogen (secondary N) is 1. The van der Waals surface area contributed by atoms with Gasteiger partial charge in [-0.15, -0.1) is 0 Å². The van der Waals surface area contributed by atoms with Crippen molar-refractivity contribution in [1.29, 1.82) is 0 Å². The van der Waals surface area contributed by atoms with Crippen LogP contribution in [-0.2, 0) is 11.3 Å². The van der Waals surface area contributed by atoms with Crippen LogP contribution in [-0.4, -0.2) is 30.4 Å². The van der Waals surface area contributed by atoms with Crippen molar-refractivity contribution < 1.29 is 4.79 Å². The van der Waals surface area contributed by atoms with E-state index in [1.807, 2.05) is 6.07 Å². The van der Waals surface area contributed by atoms with Gasteiger partial charge in [-0.3, -0.25) is 9.69 Å². The van der Waals surface area contributed by atoms with Gasteiger partial charge in [0, 0.05) is 19.0 Å². The van der Waals surface area contributed by atoms with Crippen LogP contribution in [0, 0.1) is 5.92 Å². The molecule has 25 heavy (non-hydrogen) atoms. The first-order valence-electron chi connectivity index (χ1n) is 9.31. The van der Waals surface area contributed by atoms with Gasteiger partial charge in [-0.1, -0.05) is 67.6 Å². The lowest BCUT2D eigenvalue weighted by Gasteiger charge is -2.31. The molecule has 1 heterocycles. The van der Waals surface area contributed by atoms with Gasteiger partial charge in [-0.2, -0.15) is 0 Å². The summed E-state index contributed by atoms with van der Waals surface area (Å²) in [5, 5.41) is 3.16. The van der Waals surface area contributed by atoms with Crippen LogP contribution in [0.25, 0.3) is 0 Å². The molecule has 1 saturated heterocycles. The van der Waals surface area contributed by atoms with E-state index in [1.165, 1.54) is 11.1 Å². The van der Waals surface area contributed by atoms with Crippen molar-refractivity contribution in [2.45, 2.75) is 32.2 Å². The molecular weight excluding hydrogens is 308 g/mol. The molecule has 1 aliphatic rings. The fourth-order valence-electron chi connectivity index (χ4n) is 3.49. The second-order valence-corrected chi connectivity index (χ2v) is 7.09. The van der Waals surface area contributed by atoms with Gasteiger partial charge in [0.1, 0.15) is 0 Å². The minimum Gasteiger partial charge on any atom is -0.355 e. The summed E-state index contributed by atoms with van der Waals surface area (Å²) in [4.78, 5) is 14.9.